The predicted octanol–water partition coefficient (Wildman–Crippen LogP) is 1.15. The lowest BCUT2D eigenvalue weighted by Gasteiger charge is -2.09. The summed E-state index contributed by atoms with van der Waals surface area (Å²) >= 11 is 1.95. The summed E-state index contributed by atoms with van der Waals surface area (Å²) in [5.74, 6) is 3.30. The van der Waals surface area contributed by atoms with Gasteiger partial charge in [0.1, 0.15) is 5.82 Å². The van der Waals surface area contributed by atoms with E-state index in [2.05, 4.69) is 10.3 Å². The average Bonchev–Trinajstić information content (AvgIpc) is 2.78. The van der Waals surface area contributed by atoms with Crippen LogP contribution in [-0.4, -0.2) is 28.9 Å². The fraction of sp³-hybridized carbons (Fsp3) is 0.455. The second-order valence-electron chi connectivity index (χ2n) is 3.91. The molecule has 3 N–H and O–H groups in total. The molecule has 5 heteroatoms. The lowest BCUT2D eigenvalue weighted by Crippen LogP contribution is -2.29. The summed E-state index contributed by atoms with van der Waals surface area (Å²) in [7, 11) is 0. The SMILES string of the molecule is Nc1cc(C(=O)NCC2CCSC2)ccn1. The molecule has 0 saturated carbocycles. The van der Waals surface area contributed by atoms with Crippen LogP contribution in [0.15, 0.2) is 18.3 Å². The number of amides is 1. The van der Waals surface area contributed by atoms with E-state index in [0.29, 0.717) is 17.3 Å². The van der Waals surface area contributed by atoms with Crippen LogP contribution >= 0.6 is 11.8 Å². The van der Waals surface area contributed by atoms with Gasteiger partial charge < -0.3 is 11.1 Å². The Kier molecular flexibility index (Phi) is 3.66. The Labute approximate surface area is 99.0 Å². The number of aromatic nitrogens is 1. The van der Waals surface area contributed by atoms with Crippen LogP contribution in [0.1, 0.15) is 16.8 Å². The van der Waals surface area contributed by atoms with Gasteiger partial charge in [-0.05, 0) is 36.0 Å². The Hall–Kier alpha value is -1.23. The number of hydrogen-bond acceptors (Lipinski definition) is 4. The smallest absolute Gasteiger partial charge is 0.251 e. The second-order valence-corrected chi connectivity index (χ2v) is 5.06. The molecule has 0 radical (unpaired) electrons. The standard InChI is InChI=1S/C11H15N3OS/c12-10-5-9(1-3-13-10)11(15)14-6-8-2-4-16-7-8/h1,3,5,8H,2,4,6-7H2,(H2,12,13)(H,14,15). The molecule has 1 aliphatic rings. The van der Waals surface area contributed by atoms with Crippen molar-refractivity contribution >= 4 is 23.5 Å². The highest BCUT2D eigenvalue weighted by molar-refractivity contribution is 7.99. The summed E-state index contributed by atoms with van der Waals surface area (Å²) in [5, 5.41) is 2.93. The summed E-state index contributed by atoms with van der Waals surface area (Å²) in [6.07, 6.45) is 2.75. The highest BCUT2D eigenvalue weighted by Gasteiger charge is 2.16. The lowest BCUT2D eigenvalue weighted by molar-refractivity contribution is 0.0948. The Morgan fingerprint density at radius 1 is 1.69 bits per heavy atom. The van der Waals surface area contributed by atoms with E-state index in [-0.39, 0.29) is 5.91 Å². The van der Waals surface area contributed by atoms with E-state index in [4.69, 9.17) is 5.73 Å². The van der Waals surface area contributed by atoms with Gasteiger partial charge in [0, 0.05) is 18.3 Å². The van der Waals surface area contributed by atoms with Crippen LogP contribution in [0.3, 0.4) is 0 Å². The van der Waals surface area contributed by atoms with E-state index in [1.807, 2.05) is 11.8 Å². The molecule has 1 saturated heterocycles. The van der Waals surface area contributed by atoms with Crippen LogP contribution in [0.5, 0.6) is 0 Å². The van der Waals surface area contributed by atoms with E-state index in [0.717, 1.165) is 12.3 Å². The van der Waals surface area contributed by atoms with Crippen molar-refractivity contribution in [1.29, 1.82) is 0 Å². The molecular formula is C11H15N3OS. The monoisotopic (exact) mass is 237 g/mol. The topological polar surface area (TPSA) is 68.0 Å². The van der Waals surface area contributed by atoms with Gasteiger partial charge in [0.2, 0.25) is 0 Å². The molecule has 1 unspecified atom stereocenters. The average molecular weight is 237 g/mol. The zero-order valence-electron chi connectivity index (χ0n) is 8.98. The Balaban J connectivity index is 1.87. The summed E-state index contributed by atoms with van der Waals surface area (Å²) in [6, 6.07) is 3.27. The number of thioether (sulfide) groups is 1. The number of nitrogens with two attached hydrogens (primary N) is 1. The highest BCUT2D eigenvalue weighted by atomic mass is 32.2. The largest absolute Gasteiger partial charge is 0.384 e. The Morgan fingerprint density at radius 3 is 3.25 bits per heavy atom. The number of anilines is 1. The third-order valence-corrected chi connectivity index (χ3v) is 3.85. The lowest BCUT2D eigenvalue weighted by atomic mass is 10.1. The molecule has 0 aromatic carbocycles. The maximum Gasteiger partial charge on any atom is 0.251 e. The predicted molar refractivity (Wildman–Crippen MR) is 66.4 cm³/mol. The van der Waals surface area contributed by atoms with Crippen molar-refractivity contribution in [3.63, 3.8) is 0 Å². The molecule has 0 spiro atoms. The summed E-state index contributed by atoms with van der Waals surface area (Å²) < 4.78 is 0. The van der Waals surface area contributed by atoms with Crippen molar-refractivity contribution in [2.24, 2.45) is 5.92 Å². The number of hydrogen-bond donors (Lipinski definition) is 2. The normalized spacial score (nSPS) is 19.6. The minimum atomic E-state index is -0.0639. The third kappa shape index (κ3) is 2.88. The van der Waals surface area contributed by atoms with E-state index in [1.54, 1.807) is 18.3 Å². The van der Waals surface area contributed by atoms with E-state index >= 15 is 0 Å². The third-order valence-electron chi connectivity index (χ3n) is 2.62. The summed E-state index contributed by atoms with van der Waals surface area (Å²) in [4.78, 5) is 15.6. The van der Waals surface area contributed by atoms with Crippen LogP contribution in [-0.2, 0) is 0 Å². The van der Waals surface area contributed by atoms with Crippen LogP contribution in [0.2, 0.25) is 0 Å². The number of nitrogens with one attached hydrogen (secondary N) is 1. The van der Waals surface area contributed by atoms with E-state index in [1.165, 1.54) is 12.2 Å². The molecule has 0 bridgehead atoms. The van der Waals surface area contributed by atoms with Crippen molar-refractivity contribution in [2.75, 3.05) is 23.8 Å². The first kappa shape index (κ1) is 11.3. The molecule has 1 aliphatic heterocycles. The molecule has 1 atom stereocenters. The molecule has 0 aliphatic carbocycles. The van der Waals surface area contributed by atoms with Gasteiger partial charge in [-0.3, -0.25) is 4.79 Å². The molecule has 2 heterocycles. The van der Waals surface area contributed by atoms with Gasteiger partial charge in [0.05, 0.1) is 0 Å². The number of carbonyl (C=O) groups is 1. The first-order chi connectivity index (χ1) is 7.75. The summed E-state index contributed by atoms with van der Waals surface area (Å²) in [6.45, 7) is 0.758. The molecule has 1 aromatic rings. The van der Waals surface area contributed by atoms with E-state index in [9.17, 15) is 4.79 Å². The van der Waals surface area contributed by atoms with Crippen molar-refractivity contribution < 1.29 is 4.79 Å². The van der Waals surface area contributed by atoms with Gasteiger partial charge in [0.15, 0.2) is 0 Å². The van der Waals surface area contributed by atoms with Gasteiger partial charge in [-0.2, -0.15) is 11.8 Å². The number of carbonyl (C=O) groups excluding carboxylic acids is 1. The van der Waals surface area contributed by atoms with Gasteiger partial charge in [-0.15, -0.1) is 0 Å². The number of nitrogen functional groups attached to an aromatic ring is 1. The molecule has 4 nitrogen and oxygen atoms in total. The van der Waals surface area contributed by atoms with Crippen LogP contribution in [0, 0.1) is 5.92 Å². The first-order valence-electron chi connectivity index (χ1n) is 5.33. The fourth-order valence-electron chi connectivity index (χ4n) is 1.67. The van der Waals surface area contributed by atoms with Gasteiger partial charge in [-0.1, -0.05) is 0 Å². The molecule has 16 heavy (non-hydrogen) atoms. The van der Waals surface area contributed by atoms with Gasteiger partial charge >= 0.3 is 0 Å². The van der Waals surface area contributed by atoms with Crippen LogP contribution in [0.25, 0.3) is 0 Å². The minimum absolute atomic E-state index is 0.0639. The maximum atomic E-state index is 11.8. The number of pyridine rings is 1. The minimum Gasteiger partial charge on any atom is -0.384 e. The van der Waals surface area contributed by atoms with Crippen molar-refractivity contribution in [1.82, 2.24) is 10.3 Å². The van der Waals surface area contributed by atoms with Gasteiger partial charge in [0.25, 0.3) is 5.91 Å². The molecule has 2 rings (SSSR count). The number of rotatable bonds is 3. The molecule has 1 aromatic heterocycles. The molecule has 1 amide bonds. The van der Waals surface area contributed by atoms with E-state index < -0.39 is 0 Å². The first-order valence-corrected chi connectivity index (χ1v) is 6.48. The molecule has 1 fully saturated rings. The fourth-order valence-corrected chi connectivity index (χ4v) is 2.96. The van der Waals surface area contributed by atoms with Crippen molar-refractivity contribution in [3.8, 4) is 0 Å². The second kappa shape index (κ2) is 5.21. The molecular weight excluding hydrogens is 222 g/mol. The highest BCUT2D eigenvalue weighted by Crippen LogP contribution is 2.22. The Morgan fingerprint density at radius 2 is 2.56 bits per heavy atom. The number of nitrogens with zero attached hydrogens (tertiary/aromatic N) is 1. The van der Waals surface area contributed by atoms with Crippen LogP contribution in [0.4, 0.5) is 5.82 Å². The zero-order valence-corrected chi connectivity index (χ0v) is 9.80. The molecule has 86 valence electrons. The summed E-state index contributed by atoms with van der Waals surface area (Å²) in [5.41, 5.74) is 6.10. The maximum absolute atomic E-state index is 11.8. The van der Waals surface area contributed by atoms with Crippen LogP contribution < -0.4 is 11.1 Å². The quantitative estimate of drug-likeness (QED) is 0.827. The van der Waals surface area contributed by atoms with Gasteiger partial charge in [-0.25, -0.2) is 4.98 Å². The zero-order chi connectivity index (χ0) is 11.4. The Bertz CT molecular complexity index is 377. The van der Waals surface area contributed by atoms with Crippen molar-refractivity contribution in [3.05, 3.63) is 23.9 Å². The van der Waals surface area contributed by atoms with Crippen molar-refractivity contribution in [2.45, 2.75) is 6.42 Å².